The zero-order chi connectivity index (χ0) is 14.4. The summed E-state index contributed by atoms with van der Waals surface area (Å²) < 4.78 is 10.9. The van der Waals surface area contributed by atoms with Gasteiger partial charge >= 0.3 is 0 Å². The summed E-state index contributed by atoms with van der Waals surface area (Å²) in [6, 6.07) is 14.9. The molecular formula is C16H15BrO3. The quantitative estimate of drug-likeness (QED) is 0.593. The lowest BCUT2D eigenvalue weighted by Gasteiger charge is -2.15. The van der Waals surface area contributed by atoms with Crippen molar-refractivity contribution in [3.63, 3.8) is 0 Å². The molecule has 2 aromatic carbocycles. The van der Waals surface area contributed by atoms with E-state index in [0.29, 0.717) is 11.5 Å². The van der Waals surface area contributed by atoms with Gasteiger partial charge in [0.15, 0.2) is 12.4 Å². The first-order valence-corrected chi connectivity index (χ1v) is 7.29. The SMILES string of the molecule is COc1cccc(C(C=O)Oc2ccc(CBr)cc2)c1. The smallest absolute Gasteiger partial charge is 0.179 e. The van der Waals surface area contributed by atoms with Crippen molar-refractivity contribution >= 4 is 22.2 Å². The van der Waals surface area contributed by atoms with Crippen LogP contribution in [0.4, 0.5) is 0 Å². The van der Waals surface area contributed by atoms with E-state index in [1.165, 1.54) is 0 Å². The van der Waals surface area contributed by atoms with Gasteiger partial charge in [-0.25, -0.2) is 0 Å². The molecule has 0 amide bonds. The standard InChI is InChI=1S/C16H15BrO3/c1-19-15-4-2-3-13(9-15)16(11-18)20-14-7-5-12(10-17)6-8-14/h2-9,11,16H,10H2,1H3. The van der Waals surface area contributed by atoms with Gasteiger partial charge in [0.1, 0.15) is 11.5 Å². The highest BCUT2D eigenvalue weighted by Crippen LogP contribution is 2.24. The second-order valence-electron chi connectivity index (χ2n) is 4.23. The number of hydrogen-bond donors (Lipinski definition) is 0. The summed E-state index contributed by atoms with van der Waals surface area (Å²) in [5.41, 5.74) is 1.92. The lowest BCUT2D eigenvalue weighted by molar-refractivity contribution is -0.113. The van der Waals surface area contributed by atoms with Crippen molar-refractivity contribution in [3.8, 4) is 11.5 Å². The highest BCUT2D eigenvalue weighted by atomic mass is 79.9. The van der Waals surface area contributed by atoms with Crippen molar-refractivity contribution in [2.75, 3.05) is 7.11 Å². The van der Waals surface area contributed by atoms with E-state index in [2.05, 4.69) is 15.9 Å². The second kappa shape index (κ2) is 7.10. The fraction of sp³-hybridized carbons (Fsp3) is 0.188. The van der Waals surface area contributed by atoms with Crippen LogP contribution in [-0.4, -0.2) is 13.4 Å². The van der Waals surface area contributed by atoms with Gasteiger partial charge in [-0.2, -0.15) is 0 Å². The van der Waals surface area contributed by atoms with Crippen LogP contribution >= 0.6 is 15.9 Å². The van der Waals surface area contributed by atoms with Crippen LogP contribution in [0.3, 0.4) is 0 Å². The summed E-state index contributed by atoms with van der Waals surface area (Å²) in [5.74, 6) is 1.36. The number of rotatable bonds is 6. The van der Waals surface area contributed by atoms with Gasteiger partial charge in [0.2, 0.25) is 0 Å². The molecule has 0 saturated heterocycles. The minimum absolute atomic E-state index is 0.639. The number of carbonyl (C=O) groups is 1. The highest BCUT2D eigenvalue weighted by molar-refractivity contribution is 9.08. The van der Waals surface area contributed by atoms with Gasteiger partial charge in [-0.1, -0.05) is 40.2 Å². The monoisotopic (exact) mass is 334 g/mol. The largest absolute Gasteiger partial charge is 0.497 e. The van der Waals surface area contributed by atoms with E-state index in [9.17, 15) is 4.79 Å². The number of ether oxygens (including phenoxy) is 2. The maximum absolute atomic E-state index is 11.3. The predicted molar refractivity (Wildman–Crippen MR) is 81.5 cm³/mol. The summed E-state index contributed by atoms with van der Waals surface area (Å²) in [7, 11) is 1.59. The summed E-state index contributed by atoms with van der Waals surface area (Å²) >= 11 is 3.39. The minimum atomic E-state index is -0.639. The Hall–Kier alpha value is -1.81. The molecule has 0 spiro atoms. The maximum atomic E-state index is 11.3. The average molecular weight is 335 g/mol. The molecule has 20 heavy (non-hydrogen) atoms. The fourth-order valence-electron chi connectivity index (χ4n) is 1.80. The van der Waals surface area contributed by atoms with Gasteiger partial charge < -0.3 is 9.47 Å². The topological polar surface area (TPSA) is 35.5 Å². The Morgan fingerprint density at radius 3 is 2.50 bits per heavy atom. The molecule has 0 saturated carbocycles. The maximum Gasteiger partial charge on any atom is 0.179 e. The predicted octanol–water partition coefficient (Wildman–Crippen LogP) is 3.91. The molecule has 2 rings (SSSR count). The number of halogens is 1. The van der Waals surface area contributed by atoms with Crippen molar-refractivity contribution in [3.05, 3.63) is 59.7 Å². The number of benzene rings is 2. The van der Waals surface area contributed by atoms with E-state index in [0.717, 1.165) is 22.7 Å². The first-order chi connectivity index (χ1) is 9.76. The molecule has 2 aromatic rings. The average Bonchev–Trinajstić information content (AvgIpc) is 2.53. The van der Waals surface area contributed by atoms with Gasteiger partial charge in [0.05, 0.1) is 7.11 Å². The molecule has 0 N–H and O–H groups in total. The third-order valence-electron chi connectivity index (χ3n) is 2.89. The van der Waals surface area contributed by atoms with Crippen LogP contribution in [0.1, 0.15) is 17.2 Å². The first kappa shape index (κ1) is 14.6. The van der Waals surface area contributed by atoms with E-state index in [4.69, 9.17) is 9.47 Å². The van der Waals surface area contributed by atoms with Crippen molar-refractivity contribution in [2.45, 2.75) is 11.4 Å². The number of hydrogen-bond acceptors (Lipinski definition) is 3. The molecular weight excluding hydrogens is 320 g/mol. The van der Waals surface area contributed by atoms with E-state index in [1.807, 2.05) is 42.5 Å². The Labute approximate surface area is 126 Å². The third-order valence-corrected chi connectivity index (χ3v) is 3.53. The van der Waals surface area contributed by atoms with Crippen molar-refractivity contribution in [1.82, 2.24) is 0 Å². The molecule has 0 aromatic heterocycles. The zero-order valence-electron chi connectivity index (χ0n) is 11.1. The van der Waals surface area contributed by atoms with E-state index in [1.54, 1.807) is 13.2 Å². The molecule has 1 unspecified atom stereocenters. The Morgan fingerprint density at radius 2 is 1.90 bits per heavy atom. The van der Waals surface area contributed by atoms with Crippen LogP contribution in [0, 0.1) is 0 Å². The molecule has 0 aliphatic rings. The van der Waals surface area contributed by atoms with E-state index >= 15 is 0 Å². The Balaban J connectivity index is 2.16. The van der Waals surface area contributed by atoms with Gasteiger partial charge in [-0.05, 0) is 29.8 Å². The zero-order valence-corrected chi connectivity index (χ0v) is 12.7. The number of carbonyl (C=O) groups excluding carboxylic acids is 1. The van der Waals surface area contributed by atoms with Crippen LogP contribution in [-0.2, 0) is 10.1 Å². The molecule has 0 aliphatic heterocycles. The number of alkyl halides is 1. The summed E-state index contributed by atoms with van der Waals surface area (Å²) in [5, 5.41) is 0.792. The lowest BCUT2D eigenvalue weighted by atomic mass is 10.1. The molecule has 0 aliphatic carbocycles. The molecule has 0 heterocycles. The summed E-state index contributed by atoms with van der Waals surface area (Å²) in [6.07, 6.45) is 0.146. The van der Waals surface area contributed by atoms with Crippen molar-refractivity contribution in [2.24, 2.45) is 0 Å². The Morgan fingerprint density at radius 1 is 1.15 bits per heavy atom. The van der Waals surface area contributed by atoms with Crippen LogP contribution in [0.15, 0.2) is 48.5 Å². The Kier molecular flexibility index (Phi) is 5.18. The van der Waals surface area contributed by atoms with Crippen molar-refractivity contribution < 1.29 is 14.3 Å². The van der Waals surface area contributed by atoms with Gasteiger partial charge in [-0.15, -0.1) is 0 Å². The molecule has 0 radical (unpaired) electrons. The molecule has 0 fully saturated rings. The van der Waals surface area contributed by atoms with E-state index < -0.39 is 6.10 Å². The van der Waals surface area contributed by atoms with Crippen LogP contribution in [0.5, 0.6) is 11.5 Å². The lowest BCUT2D eigenvalue weighted by Crippen LogP contribution is -2.09. The molecule has 0 bridgehead atoms. The molecule has 4 heteroatoms. The third kappa shape index (κ3) is 3.61. The molecule has 1 atom stereocenters. The van der Waals surface area contributed by atoms with Gasteiger partial charge in [0.25, 0.3) is 0 Å². The normalized spacial score (nSPS) is 11.7. The minimum Gasteiger partial charge on any atom is -0.497 e. The second-order valence-corrected chi connectivity index (χ2v) is 4.79. The summed E-state index contributed by atoms with van der Waals surface area (Å²) in [4.78, 5) is 11.3. The number of methoxy groups -OCH3 is 1. The number of aldehydes is 1. The van der Waals surface area contributed by atoms with Gasteiger partial charge in [-0.3, -0.25) is 4.79 Å². The van der Waals surface area contributed by atoms with Crippen LogP contribution < -0.4 is 9.47 Å². The van der Waals surface area contributed by atoms with Crippen LogP contribution in [0.2, 0.25) is 0 Å². The summed E-state index contributed by atoms with van der Waals surface area (Å²) in [6.45, 7) is 0. The van der Waals surface area contributed by atoms with Crippen LogP contribution in [0.25, 0.3) is 0 Å². The van der Waals surface area contributed by atoms with E-state index in [-0.39, 0.29) is 0 Å². The first-order valence-electron chi connectivity index (χ1n) is 6.17. The van der Waals surface area contributed by atoms with Crippen molar-refractivity contribution in [1.29, 1.82) is 0 Å². The fourth-order valence-corrected chi connectivity index (χ4v) is 2.17. The van der Waals surface area contributed by atoms with Gasteiger partial charge in [0, 0.05) is 10.9 Å². The highest BCUT2D eigenvalue weighted by Gasteiger charge is 2.13. The Bertz CT molecular complexity index is 566. The molecule has 104 valence electrons. The molecule has 3 nitrogen and oxygen atoms in total.